The van der Waals surface area contributed by atoms with E-state index in [0.29, 0.717) is 12.8 Å². The first-order valence-electron chi connectivity index (χ1n) is 6.60. The quantitative estimate of drug-likeness (QED) is 0.782. The summed E-state index contributed by atoms with van der Waals surface area (Å²) >= 11 is 0. The molecule has 1 fully saturated rings. The fourth-order valence-corrected chi connectivity index (χ4v) is 3.00. The van der Waals surface area contributed by atoms with Crippen LogP contribution in [0.25, 0.3) is 0 Å². The Kier molecular flexibility index (Phi) is 4.32. The number of nitrogens with zero attached hydrogens (tertiary/aromatic N) is 1. The molecule has 1 aliphatic carbocycles. The van der Waals surface area contributed by atoms with E-state index in [4.69, 9.17) is 9.47 Å². The van der Waals surface area contributed by atoms with Gasteiger partial charge < -0.3 is 9.47 Å². The van der Waals surface area contributed by atoms with Gasteiger partial charge in [-0.05, 0) is 18.6 Å². The highest BCUT2D eigenvalue weighted by Gasteiger charge is 2.46. The summed E-state index contributed by atoms with van der Waals surface area (Å²) in [7, 11) is 3.23. The molecule has 0 spiro atoms. The molecule has 0 bridgehead atoms. The van der Waals surface area contributed by atoms with Crippen molar-refractivity contribution < 1.29 is 14.3 Å². The molecule has 0 aromatic carbocycles. The van der Waals surface area contributed by atoms with E-state index in [0.717, 1.165) is 12.1 Å². The largest absolute Gasteiger partial charge is 0.356 e. The zero-order valence-electron chi connectivity index (χ0n) is 11.8. The Bertz CT molecular complexity index is 430. The molecule has 1 heterocycles. The van der Waals surface area contributed by atoms with Crippen LogP contribution in [0.1, 0.15) is 31.9 Å². The smallest absolute Gasteiger partial charge is 0.160 e. The minimum absolute atomic E-state index is 0.00125. The highest BCUT2D eigenvalue weighted by Crippen LogP contribution is 2.44. The van der Waals surface area contributed by atoms with E-state index in [1.807, 2.05) is 18.2 Å². The molecule has 2 atom stereocenters. The fraction of sp³-hybridized carbons (Fsp3) is 0.600. The number of Topliss-reactive ketones (excluding diaryl/α,β-unsaturated/α-hetero) is 1. The molecule has 104 valence electrons. The van der Waals surface area contributed by atoms with Gasteiger partial charge in [0.15, 0.2) is 6.29 Å². The molecule has 4 nitrogen and oxygen atoms in total. The predicted molar refractivity (Wildman–Crippen MR) is 71.7 cm³/mol. The molecule has 4 heteroatoms. The van der Waals surface area contributed by atoms with Crippen LogP contribution in [0.5, 0.6) is 0 Å². The van der Waals surface area contributed by atoms with Crippen molar-refractivity contribution in [1.82, 2.24) is 4.98 Å². The summed E-state index contributed by atoms with van der Waals surface area (Å²) in [6.45, 7) is 2.15. The fourth-order valence-electron chi connectivity index (χ4n) is 3.00. The van der Waals surface area contributed by atoms with Gasteiger partial charge in [-0.1, -0.05) is 13.0 Å². The Labute approximate surface area is 114 Å². The van der Waals surface area contributed by atoms with Crippen LogP contribution in [0.2, 0.25) is 0 Å². The van der Waals surface area contributed by atoms with Crippen LogP contribution >= 0.6 is 0 Å². The zero-order valence-corrected chi connectivity index (χ0v) is 11.8. The molecule has 2 rings (SSSR count). The van der Waals surface area contributed by atoms with Crippen molar-refractivity contribution in [2.75, 3.05) is 14.2 Å². The highest BCUT2D eigenvalue weighted by molar-refractivity contribution is 5.80. The lowest BCUT2D eigenvalue weighted by Crippen LogP contribution is -2.46. The topological polar surface area (TPSA) is 48.4 Å². The maximum atomic E-state index is 11.8. The number of hydrogen-bond donors (Lipinski definition) is 0. The van der Waals surface area contributed by atoms with Crippen LogP contribution < -0.4 is 0 Å². The normalized spacial score (nSPS) is 27.8. The molecule has 0 aliphatic heterocycles. The van der Waals surface area contributed by atoms with Gasteiger partial charge in [0.2, 0.25) is 0 Å². The second kappa shape index (κ2) is 5.80. The molecule has 0 radical (unpaired) electrons. The first-order chi connectivity index (χ1) is 9.11. The molecular weight excluding hydrogens is 242 g/mol. The van der Waals surface area contributed by atoms with Crippen LogP contribution in [0.4, 0.5) is 0 Å². The molecule has 0 amide bonds. The van der Waals surface area contributed by atoms with Crippen molar-refractivity contribution in [2.45, 2.75) is 37.9 Å². The first kappa shape index (κ1) is 14.2. The number of methoxy groups -OCH3 is 2. The minimum Gasteiger partial charge on any atom is -0.356 e. The number of ether oxygens (including phenoxy) is 2. The Morgan fingerprint density at radius 2 is 2.11 bits per heavy atom. The van der Waals surface area contributed by atoms with Crippen LogP contribution in [0.3, 0.4) is 0 Å². The van der Waals surface area contributed by atoms with Gasteiger partial charge in [-0.2, -0.15) is 0 Å². The van der Waals surface area contributed by atoms with Gasteiger partial charge in [0.05, 0.1) is 0 Å². The standard InChI is InChI=1S/C15H21NO3/c1-15(13-6-4-5-9-16-13)8-7-11(17)10-12(15)14(18-2)19-3/h4-6,9,12,14H,7-8,10H2,1-3H3/t12-,15+/m1/s1. The molecule has 0 unspecified atom stereocenters. The van der Waals surface area contributed by atoms with Crippen molar-refractivity contribution in [2.24, 2.45) is 5.92 Å². The molecular formula is C15H21NO3. The molecule has 1 aromatic heterocycles. The third-order valence-corrected chi connectivity index (χ3v) is 4.23. The third-order valence-electron chi connectivity index (χ3n) is 4.23. The number of carbonyl (C=O) groups excluding carboxylic acids is 1. The summed E-state index contributed by atoms with van der Waals surface area (Å²) in [5.41, 5.74) is 0.817. The number of aromatic nitrogens is 1. The Morgan fingerprint density at radius 3 is 2.68 bits per heavy atom. The number of carbonyl (C=O) groups is 1. The van der Waals surface area contributed by atoms with Crippen LogP contribution in [-0.2, 0) is 19.7 Å². The summed E-state index contributed by atoms with van der Waals surface area (Å²) < 4.78 is 10.8. The number of rotatable bonds is 4. The van der Waals surface area contributed by atoms with E-state index in [1.54, 1.807) is 20.4 Å². The van der Waals surface area contributed by atoms with Crippen molar-refractivity contribution in [1.29, 1.82) is 0 Å². The second-order valence-electron chi connectivity index (χ2n) is 5.32. The molecule has 19 heavy (non-hydrogen) atoms. The molecule has 0 N–H and O–H groups in total. The monoisotopic (exact) mass is 263 g/mol. The summed E-state index contributed by atoms with van der Waals surface area (Å²) in [5.74, 6) is 0.274. The van der Waals surface area contributed by atoms with Gasteiger partial charge in [0.25, 0.3) is 0 Å². The SMILES string of the molecule is COC(OC)[C@H]1CC(=O)CC[C@]1(C)c1ccccn1. The van der Waals surface area contributed by atoms with Crippen LogP contribution in [0.15, 0.2) is 24.4 Å². The number of hydrogen-bond acceptors (Lipinski definition) is 4. The minimum atomic E-state index is -0.378. The lowest BCUT2D eigenvalue weighted by Gasteiger charge is -2.43. The Hall–Kier alpha value is -1.26. The second-order valence-corrected chi connectivity index (χ2v) is 5.32. The Morgan fingerprint density at radius 1 is 1.37 bits per heavy atom. The van der Waals surface area contributed by atoms with Crippen molar-refractivity contribution in [3.8, 4) is 0 Å². The van der Waals surface area contributed by atoms with Gasteiger partial charge in [-0.3, -0.25) is 9.78 Å². The summed E-state index contributed by atoms with van der Waals surface area (Å²) in [6.07, 6.45) is 3.29. The van der Waals surface area contributed by atoms with Crippen LogP contribution in [0, 0.1) is 5.92 Å². The van der Waals surface area contributed by atoms with Gasteiger partial charge in [0, 0.05) is 50.3 Å². The number of pyridine rings is 1. The lowest BCUT2D eigenvalue weighted by molar-refractivity contribution is -0.165. The Balaban J connectivity index is 2.37. The number of ketones is 1. The maximum Gasteiger partial charge on any atom is 0.160 e. The van der Waals surface area contributed by atoms with Crippen molar-refractivity contribution in [3.63, 3.8) is 0 Å². The molecule has 1 saturated carbocycles. The molecule has 1 aliphatic rings. The maximum absolute atomic E-state index is 11.8. The molecule has 1 aromatic rings. The first-order valence-corrected chi connectivity index (χ1v) is 6.60. The van der Waals surface area contributed by atoms with Gasteiger partial charge in [-0.25, -0.2) is 0 Å². The zero-order chi connectivity index (χ0) is 13.9. The van der Waals surface area contributed by atoms with Gasteiger partial charge in [0.1, 0.15) is 5.78 Å². The van der Waals surface area contributed by atoms with E-state index < -0.39 is 0 Å². The summed E-state index contributed by atoms with van der Waals surface area (Å²) in [4.78, 5) is 16.3. The van der Waals surface area contributed by atoms with Crippen LogP contribution in [-0.4, -0.2) is 31.3 Å². The van der Waals surface area contributed by atoms with E-state index in [9.17, 15) is 4.79 Å². The average Bonchev–Trinajstić information content (AvgIpc) is 2.45. The summed E-state index contributed by atoms with van der Waals surface area (Å²) in [6, 6.07) is 5.90. The predicted octanol–water partition coefficient (Wildman–Crippen LogP) is 2.33. The molecule has 0 saturated heterocycles. The third kappa shape index (κ3) is 2.69. The van der Waals surface area contributed by atoms with E-state index in [1.165, 1.54) is 0 Å². The van der Waals surface area contributed by atoms with Gasteiger partial charge in [-0.15, -0.1) is 0 Å². The van der Waals surface area contributed by atoms with Crippen molar-refractivity contribution >= 4 is 5.78 Å². The van der Waals surface area contributed by atoms with Crippen molar-refractivity contribution in [3.05, 3.63) is 30.1 Å². The lowest BCUT2D eigenvalue weighted by atomic mass is 9.64. The van der Waals surface area contributed by atoms with E-state index >= 15 is 0 Å². The highest BCUT2D eigenvalue weighted by atomic mass is 16.7. The summed E-state index contributed by atoms with van der Waals surface area (Å²) in [5, 5.41) is 0. The van der Waals surface area contributed by atoms with E-state index in [-0.39, 0.29) is 23.4 Å². The van der Waals surface area contributed by atoms with E-state index in [2.05, 4.69) is 11.9 Å². The van der Waals surface area contributed by atoms with Gasteiger partial charge >= 0.3 is 0 Å². The average molecular weight is 263 g/mol.